The summed E-state index contributed by atoms with van der Waals surface area (Å²) in [5, 5.41) is 3.90. The molecule has 25 heavy (non-hydrogen) atoms. The minimum atomic E-state index is 0.148. The summed E-state index contributed by atoms with van der Waals surface area (Å²) in [5.41, 5.74) is 0.805. The van der Waals surface area contributed by atoms with Crippen molar-refractivity contribution in [3.05, 3.63) is 40.6 Å². The predicted octanol–water partition coefficient (Wildman–Crippen LogP) is 1.94. The quantitative estimate of drug-likeness (QED) is 0.836. The van der Waals surface area contributed by atoms with E-state index < -0.39 is 0 Å². The van der Waals surface area contributed by atoms with Gasteiger partial charge in [0.15, 0.2) is 0 Å². The second-order valence-electron chi connectivity index (χ2n) is 6.84. The van der Waals surface area contributed by atoms with Crippen molar-refractivity contribution in [2.24, 2.45) is 5.92 Å². The van der Waals surface area contributed by atoms with E-state index in [1.54, 1.807) is 11.3 Å². The van der Waals surface area contributed by atoms with Gasteiger partial charge in [0, 0.05) is 49.9 Å². The van der Waals surface area contributed by atoms with Crippen LogP contribution in [0.4, 0.5) is 0 Å². The fraction of sp³-hybridized carbons (Fsp3) is 0.556. The fourth-order valence-corrected chi connectivity index (χ4v) is 4.45. The third-order valence-corrected chi connectivity index (χ3v) is 5.81. The van der Waals surface area contributed by atoms with Crippen molar-refractivity contribution in [2.45, 2.75) is 26.1 Å². The highest BCUT2D eigenvalue weighted by Crippen LogP contribution is 2.23. The Bertz CT molecular complexity index is 714. The van der Waals surface area contributed by atoms with Crippen LogP contribution in [0.15, 0.2) is 29.2 Å². The Morgan fingerprint density at radius 3 is 3.08 bits per heavy atom. The molecule has 2 aliphatic heterocycles. The minimum Gasteiger partial charge on any atom is -0.379 e. The fourth-order valence-electron chi connectivity index (χ4n) is 3.82. The van der Waals surface area contributed by atoms with E-state index in [4.69, 9.17) is 4.74 Å². The summed E-state index contributed by atoms with van der Waals surface area (Å²) in [6.45, 7) is 7.72. The van der Waals surface area contributed by atoms with Crippen molar-refractivity contribution in [1.82, 2.24) is 19.4 Å². The van der Waals surface area contributed by atoms with E-state index in [1.165, 1.54) is 0 Å². The first-order chi connectivity index (χ1) is 12.2. The highest BCUT2D eigenvalue weighted by Gasteiger charge is 2.35. The number of hydrogen-bond acceptors (Lipinski definition) is 5. The number of carbonyl (C=O) groups is 1. The van der Waals surface area contributed by atoms with E-state index >= 15 is 0 Å². The molecule has 2 aromatic rings. The van der Waals surface area contributed by atoms with Crippen molar-refractivity contribution in [3.63, 3.8) is 0 Å². The van der Waals surface area contributed by atoms with Gasteiger partial charge in [-0.15, -0.1) is 0 Å². The molecule has 134 valence electrons. The Balaban J connectivity index is 1.53. The normalized spacial score (nSPS) is 24.3. The molecule has 4 heterocycles. The lowest BCUT2D eigenvalue weighted by molar-refractivity contribution is 0.0403. The largest absolute Gasteiger partial charge is 0.379 e. The van der Waals surface area contributed by atoms with Gasteiger partial charge < -0.3 is 14.2 Å². The van der Waals surface area contributed by atoms with Gasteiger partial charge in [0.1, 0.15) is 5.82 Å². The maximum Gasteiger partial charge on any atom is 0.254 e. The van der Waals surface area contributed by atoms with Crippen LogP contribution in [0.1, 0.15) is 23.1 Å². The first-order valence-electron chi connectivity index (χ1n) is 8.88. The van der Waals surface area contributed by atoms with Crippen molar-refractivity contribution >= 4 is 17.2 Å². The van der Waals surface area contributed by atoms with Crippen LogP contribution in [0, 0.1) is 5.92 Å². The van der Waals surface area contributed by atoms with Gasteiger partial charge in [-0.25, -0.2) is 4.98 Å². The van der Waals surface area contributed by atoms with Crippen LogP contribution in [0.3, 0.4) is 0 Å². The van der Waals surface area contributed by atoms with Crippen LogP contribution in [0.5, 0.6) is 0 Å². The molecule has 2 aromatic heterocycles. The maximum absolute atomic E-state index is 12.8. The molecule has 0 N–H and O–H groups in total. The summed E-state index contributed by atoms with van der Waals surface area (Å²) < 4.78 is 8.07. The number of aryl methyl sites for hydroxylation is 1. The molecule has 2 saturated heterocycles. The van der Waals surface area contributed by atoms with Gasteiger partial charge in [-0.1, -0.05) is 0 Å². The lowest BCUT2D eigenvalue weighted by Crippen LogP contribution is -2.45. The number of rotatable bonds is 4. The van der Waals surface area contributed by atoms with Gasteiger partial charge in [-0.05, 0) is 18.4 Å². The number of carbonyl (C=O) groups excluding carboxylic acids is 1. The van der Waals surface area contributed by atoms with Crippen molar-refractivity contribution in [1.29, 1.82) is 0 Å². The molecule has 0 aromatic carbocycles. The Hall–Kier alpha value is -1.70. The number of hydrogen-bond donors (Lipinski definition) is 0. The minimum absolute atomic E-state index is 0.148. The van der Waals surface area contributed by atoms with E-state index in [0.29, 0.717) is 12.5 Å². The van der Waals surface area contributed by atoms with Crippen LogP contribution >= 0.6 is 11.3 Å². The smallest absolute Gasteiger partial charge is 0.254 e. The number of thiophene rings is 1. The zero-order valence-corrected chi connectivity index (χ0v) is 15.3. The molecule has 2 fully saturated rings. The molecule has 2 bridgehead atoms. The van der Waals surface area contributed by atoms with E-state index in [-0.39, 0.29) is 11.9 Å². The van der Waals surface area contributed by atoms with Crippen LogP contribution in [-0.2, 0) is 17.8 Å². The molecule has 1 amide bonds. The molecule has 0 unspecified atom stereocenters. The van der Waals surface area contributed by atoms with Gasteiger partial charge in [0.2, 0.25) is 0 Å². The highest BCUT2D eigenvalue weighted by atomic mass is 32.1. The third-order valence-electron chi connectivity index (χ3n) is 5.12. The zero-order valence-electron chi connectivity index (χ0n) is 14.5. The Morgan fingerprint density at radius 1 is 1.36 bits per heavy atom. The summed E-state index contributed by atoms with van der Waals surface area (Å²) in [7, 11) is 0. The first kappa shape index (κ1) is 16.8. The van der Waals surface area contributed by atoms with Gasteiger partial charge >= 0.3 is 0 Å². The summed E-state index contributed by atoms with van der Waals surface area (Å²) in [6, 6.07) is 2.14. The summed E-state index contributed by atoms with van der Waals surface area (Å²) >= 11 is 1.57. The van der Waals surface area contributed by atoms with Gasteiger partial charge in [0.05, 0.1) is 31.4 Å². The third kappa shape index (κ3) is 3.49. The lowest BCUT2D eigenvalue weighted by atomic mass is 10.1. The van der Waals surface area contributed by atoms with Crippen LogP contribution in [0.2, 0.25) is 0 Å². The Kier molecular flexibility index (Phi) is 4.87. The molecule has 0 saturated carbocycles. The van der Waals surface area contributed by atoms with E-state index in [1.807, 2.05) is 34.1 Å². The van der Waals surface area contributed by atoms with E-state index in [2.05, 4.69) is 21.4 Å². The van der Waals surface area contributed by atoms with Crippen molar-refractivity contribution in [3.8, 4) is 0 Å². The highest BCUT2D eigenvalue weighted by molar-refractivity contribution is 7.08. The predicted molar refractivity (Wildman–Crippen MR) is 96.6 cm³/mol. The molecule has 2 aliphatic rings. The van der Waals surface area contributed by atoms with Gasteiger partial charge in [0.25, 0.3) is 5.91 Å². The Morgan fingerprint density at radius 2 is 2.28 bits per heavy atom. The van der Waals surface area contributed by atoms with Gasteiger partial charge in [-0.2, -0.15) is 11.3 Å². The summed E-state index contributed by atoms with van der Waals surface area (Å²) in [4.78, 5) is 21.8. The topological polar surface area (TPSA) is 50.6 Å². The number of aromatic nitrogens is 2. The average Bonchev–Trinajstić information content (AvgIpc) is 3.20. The van der Waals surface area contributed by atoms with Crippen LogP contribution in [0.25, 0.3) is 0 Å². The zero-order chi connectivity index (χ0) is 17.2. The monoisotopic (exact) mass is 360 g/mol. The summed E-state index contributed by atoms with van der Waals surface area (Å²) in [5.74, 6) is 1.58. The van der Waals surface area contributed by atoms with Crippen LogP contribution < -0.4 is 0 Å². The molecular weight excluding hydrogens is 336 g/mol. The average molecular weight is 360 g/mol. The SMILES string of the molecule is CCn1ccnc1CN1C[C@H]2COC[C@@H]1CN(C(=O)c1ccsc1)C2. The lowest BCUT2D eigenvalue weighted by Gasteiger charge is -2.31. The number of amides is 1. The maximum atomic E-state index is 12.8. The number of nitrogens with zero attached hydrogens (tertiary/aromatic N) is 4. The van der Waals surface area contributed by atoms with Gasteiger partial charge in [-0.3, -0.25) is 9.69 Å². The van der Waals surface area contributed by atoms with E-state index in [0.717, 1.165) is 50.7 Å². The summed E-state index contributed by atoms with van der Waals surface area (Å²) in [6.07, 6.45) is 3.90. The Labute approximate surface area is 152 Å². The van der Waals surface area contributed by atoms with Crippen molar-refractivity contribution in [2.75, 3.05) is 32.8 Å². The molecule has 2 atom stereocenters. The molecule has 0 aliphatic carbocycles. The number of ether oxygens (including phenoxy) is 1. The number of fused-ring (bicyclic) bond motifs is 3. The van der Waals surface area contributed by atoms with Crippen molar-refractivity contribution < 1.29 is 9.53 Å². The molecule has 7 heteroatoms. The molecule has 0 radical (unpaired) electrons. The standard InChI is InChI=1S/C18H24N4O2S/c1-2-20-5-4-19-17(20)10-21-7-14-8-22(9-16(21)12-24-11-14)18(23)15-3-6-25-13-15/h3-6,13-14,16H,2,7-12H2,1H3/t14-,16+/m1/s1. The number of imidazole rings is 1. The first-order valence-corrected chi connectivity index (χ1v) is 9.82. The van der Waals surface area contributed by atoms with E-state index in [9.17, 15) is 4.79 Å². The molecule has 0 spiro atoms. The second kappa shape index (κ2) is 7.27. The second-order valence-corrected chi connectivity index (χ2v) is 7.62. The molecule has 4 rings (SSSR count). The molecule has 6 nitrogen and oxygen atoms in total. The molecular formula is C18H24N4O2S. The van der Waals surface area contributed by atoms with Crippen LogP contribution in [-0.4, -0.2) is 64.1 Å².